The van der Waals surface area contributed by atoms with E-state index in [1.54, 1.807) is 36.4 Å². The fraction of sp³-hybridized carbons (Fsp3) is 0.133. The number of phenolic OH excluding ortho intramolecular Hbond substituents is 1. The maximum Gasteiger partial charge on any atom is 0.320 e. The summed E-state index contributed by atoms with van der Waals surface area (Å²) in [6.45, 7) is 0. The molecule has 0 unspecified atom stereocenters. The van der Waals surface area contributed by atoms with E-state index in [1.807, 2.05) is 6.07 Å². The van der Waals surface area contributed by atoms with E-state index in [0.717, 1.165) is 9.13 Å². The Morgan fingerprint density at radius 3 is 2.48 bits per heavy atom. The number of rotatable bonds is 5. The smallest absolute Gasteiger partial charge is 0.320 e. The van der Waals surface area contributed by atoms with Crippen LogP contribution >= 0.6 is 22.6 Å². The third-order valence-electron chi connectivity index (χ3n) is 2.83. The van der Waals surface area contributed by atoms with E-state index in [2.05, 4.69) is 22.6 Å². The van der Waals surface area contributed by atoms with Gasteiger partial charge < -0.3 is 20.7 Å². The van der Waals surface area contributed by atoms with Gasteiger partial charge in [0.2, 0.25) is 0 Å². The van der Waals surface area contributed by atoms with Crippen molar-refractivity contribution in [3.05, 3.63) is 51.6 Å². The molecule has 0 fully saturated rings. The lowest BCUT2D eigenvalue weighted by molar-refractivity contribution is -0.138. The summed E-state index contributed by atoms with van der Waals surface area (Å²) >= 11 is 2.12. The minimum absolute atomic E-state index is 0.176. The Bertz CT molecular complexity index is 643. The first-order valence-electron chi connectivity index (χ1n) is 6.19. The maximum atomic E-state index is 10.8. The lowest BCUT2D eigenvalue weighted by atomic mass is 10.1. The van der Waals surface area contributed by atoms with Crippen molar-refractivity contribution in [3.8, 4) is 17.2 Å². The van der Waals surface area contributed by atoms with Gasteiger partial charge in [0.15, 0.2) is 0 Å². The monoisotopic (exact) mass is 399 g/mol. The van der Waals surface area contributed by atoms with Gasteiger partial charge in [-0.05, 0) is 71.0 Å². The molecule has 0 aliphatic carbocycles. The van der Waals surface area contributed by atoms with Gasteiger partial charge in [0.25, 0.3) is 0 Å². The minimum Gasteiger partial charge on any atom is -0.508 e. The van der Waals surface area contributed by atoms with Gasteiger partial charge >= 0.3 is 5.97 Å². The second-order valence-electron chi connectivity index (χ2n) is 4.51. The van der Waals surface area contributed by atoms with Crippen molar-refractivity contribution in [2.75, 3.05) is 0 Å². The largest absolute Gasteiger partial charge is 0.508 e. The third-order valence-corrected chi connectivity index (χ3v) is 3.68. The quantitative estimate of drug-likeness (QED) is 0.673. The van der Waals surface area contributed by atoms with Crippen LogP contribution in [-0.2, 0) is 11.2 Å². The van der Waals surface area contributed by atoms with Crippen molar-refractivity contribution in [2.45, 2.75) is 12.5 Å². The average molecular weight is 399 g/mol. The molecule has 2 rings (SSSR count). The molecule has 0 saturated heterocycles. The molecule has 0 saturated carbocycles. The molecule has 5 nitrogen and oxygen atoms in total. The van der Waals surface area contributed by atoms with E-state index >= 15 is 0 Å². The molecule has 2 aromatic carbocycles. The number of phenols is 1. The summed E-state index contributed by atoms with van der Waals surface area (Å²) < 4.78 is 6.56. The molecule has 4 N–H and O–H groups in total. The van der Waals surface area contributed by atoms with Gasteiger partial charge in [-0.1, -0.05) is 6.07 Å². The van der Waals surface area contributed by atoms with Crippen LogP contribution in [0.3, 0.4) is 0 Å². The minimum atomic E-state index is -1.02. The highest BCUT2D eigenvalue weighted by atomic mass is 127. The molecule has 0 radical (unpaired) electrons. The second-order valence-corrected chi connectivity index (χ2v) is 5.67. The van der Waals surface area contributed by atoms with Crippen molar-refractivity contribution in [3.63, 3.8) is 0 Å². The zero-order valence-corrected chi connectivity index (χ0v) is 13.1. The molecule has 2 aromatic rings. The van der Waals surface area contributed by atoms with Crippen LogP contribution in [-0.4, -0.2) is 22.2 Å². The number of halogens is 1. The number of hydrogen-bond donors (Lipinski definition) is 3. The zero-order valence-electron chi connectivity index (χ0n) is 11.0. The van der Waals surface area contributed by atoms with Gasteiger partial charge in [0.05, 0.1) is 3.57 Å². The maximum absolute atomic E-state index is 10.8. The first kappa shape index (κ1) is 15.6. The van der Waals surface area contributed by atoms with Crippen LogP contribution in [0.25, 0.3) is 0 Å². The Labute approximate surface area is 135 Å². The molecular weight excluding hydrogens is 385 g/mol. The molecule has 0 amide bonds. The second kappa shape index (κ2) is 6.77. The zero-order chi connectivity index (χ0) is 15.4. The highest BCUT2D eigenvalue weighted by Gasteiger charge is 2.13. The van der Waals surface area contributed by atoms with Gasteiger partial charge in [-0.25, -0.2) is 0 Å². The molecule has 1 atom stereocenters. The number of aromatic hydroxyl groups is 1. The Balaban J connectivity index is 2.12. The lowest BCUT2D eigenvalue weighted by Crippen LogP contribution is -2.32. The first-order chi connectivity index (χ1) is 9.95. The number of carboxylic acids is 1. The fourth-order valence-electron chi connectivity index (χ4n) is 1.74. The van der Waals surface area contributed by atoms with Gasteiger partial charge in [0.1, 0.15) is 23.3 Å². The highest BCUT2D eigenvalue weighted by Crippen LogP contribution is 2.28. The molecule has 110 valence electrons. The van der Waals surface area contributed by atoms with Gasteiger partial charge in [-0.15, -0.1) is 0 Å². The van der Waals surface area contributed by atoms with E-state index < -0.39 is 12.0 Å². The summed E-state index contributed by atoms with van der Waals surface area (Å²) in [5, 5.41) is 18.0. The van der Waals surface area contributed by atoms with Crippen molar-refractivity contribution in [1.29, 1.82) is 0 Å². The first-order valence-corrected chi connectivity index (χ1v) is 7.27. The van der Waals surface area contributed by atoms with E-state index in [1.165, 1.54) is 0 Å². The number of aliphatic carboxylic acids is 1. The van der Waals surface area contributed by atoms with Crippen LogP contribution in [0.4, 0.5) is 0 Å². The number of carbonyl (C=O) groups is 1. The molecule has 0 aliphatic rings. The Morgan fingerprint density at radius 2 is 1.90 bits per heavy atom. The van der Waals surface area contributed by atoms with Crippen LogP contribution in [0.2, 0.25) is 0 Å². The van der Waals surface area contributed by atoms with Crippen molar-refractivity contribution >= 4 is 28.6 Å². The summed E-state index contributed by atoms with van der Waals surface area (Å²) in [6.07, 6.45) is 0.269. The number of carboxylic acid groups (broad SMARTS) is 1. The van der Waals surface area contributed by atoms with Crippen LogP contribution in [0.1, 0.15) is 5.56 Å². The van der Waals surface area contributed by atoms with E-state index in [4.69, 9.17) is 15.6 Å². The number of ether oxygens (including phenoxy) is 1. The van der Waals surface area contributed by atoms with Crippen LogP contribution in [0, 0.1) is 3.57 Å². The van der Waals surface area contributed by atoms with Gasteiger partial charge in [-0.3, -0.25) is 4.79 Å². The highest BCUT2D eigenvalue weighted by molar-refractivity contribution is 14.1. The summed E-state index contributed by atoms with van der Waals surface area (Å²) in [4.78, 5) is 10.8. The predicted molar refractivity (Wildman–Crippen MR) is 86.7 cm³/mol. The Morgan fingerprint density at radius 1 is 1.24 bits per heavy atom. The van der Waals surface area contributed by atoms with E-state index in [-0.39, 0.29) is 12.2 Å². The SMILES string of the molecule is N[C@H](Cc1ccc(Oc2ccc(O)cc2)c(I)c1)C(=O)O. The Hall–Kier alpha value is -1.80. The summed E-state index contributed by atoms with van der Waals surface area (Å²) in [6, 6.07) is 10.9. The number of hydrogen-bond acceptors (Lipinski definition) is 4. The molecule has 0 bridgehead atoms. The van der Waals surface area contributed by atoms with Crippen molar-refractivity contribution in [2.24, 2.45) is 5.73 Å². The number of benzene rings is 2. The van der Waals surface area contributed by atoms with Crippen LogP contribution < -0.4 is 10.5 Å². The van der Waals surface area contributed by atoms with E-state index in [9.17, 15) is 9.90 Å². The summed E-state index contributed by atoms with van der Waals surface area (Å²) in [7, 11) is 0. The number of nitrogens with two attached hydrogens (primary N) is 1. The van der Waals surface area contributed by atoms with Gasteiger partial charge in [0, 0.05) is 0 Å². The molecule has 0 aliphatic heterocycles. The molecule has 0 aromatic heterocycles. The normalized spacial score (nSPS) is 11.9. The fourth-order valence-corrected chi connectivity index (χ4v) is 2.43. The van der Waals surface area contributed by atoms with Crippen molar-refractivity contribution in [1.82, 2.24) is 0 Å². The summed E-state index contributed by atoms with van der Waals surface area (Å²) in [5.74, 6) is 0.430. The lowest BCUT2D eigenvalue weighted by Gasteiger charge is -2.11. The van der Waals surface area contributed by atoms with Gasteiger partial charge in [-0.2, -0.15) is 0 Å². The van der Waals surface area contributed by atoms with E-state index in [0.29, 0.717) is 11.5 Å². The molecular formula is C15H14INO4. The standard InChI is InChI=1S/C15H14INO4/c16-12-7-9(8-13(17)15(19)20)1-6-14(12)21-11-4-2-10(18)3-5-11/h1-7,13,18H,8,17H2,(H,19,20)/t13-/m1/s1. The Kier molecular flexibility index (Phi) is 5.03. The van der Waals surface area contributed by atoms with Crippen LogP contribution in [0.15, 0.2) is 42.5 Å². The molecule has 6 heteroatoms. The topological polar surface area (TPSA) is 92.8 Å². The van der Waals surface area contributed by atoms with Crippen molar-refractivity contribution < 1.29 is 19.7 Å². The molecule has 0 spiro atoms. The predicted octanol–water partition coefficient (Wildman–Crippen LogP) is 2.74. The molecule has 21 heavy (non-hydrogen) atoms. The average Bonchev–Trinajstić information content (AvgIpc) is 2.44. The third kappa shape index (κ3) is 4.33. The summed E-state index contributed by atoms with van der Waals surface area (Å²) in [5.41, 5.74) is 6.36. The van der Waals surface area contributed by atoms with Crippen LogP contribution in [0.5, 0.6) is 17.2 Å². The molecule has 0 heterocycles.